The van der Waals surface area contributed by atoms with Crippen molar-refractivity contribution in [1.82, 2.24) is 9.91 Å². The molecule has 0 atom stereocenters. The predicted octanol–water partition coefficient (Wildman–Crippen LogP) is -0.818. The molecule has 15 heavy (non-hydrogen) atoms. The van der Waals surface area contributed by atoms with Crippen LogP contribution in [-0.2, 0) is 0 Å². The van der Waals surface area contributed by atoms with Crippen molar-refractivity contribution in [3.63, 3.8) is 0 Å². The van der Waals surface area contributed by atoms with Crippen LogP contribution in [0, 0.1) is 0 Å². The number of likely N-dealkylation sites (N-methyl/N-ethyl adjacent to an activating group) is 1. The Morgan fingerprint density at radius 2 is 1.47 bits per heavy atom. The number of rotatable bonds is 10. The van der Waals surface area contributed by atoms with Crippen LogP contribution in [0.1, 0.15) is 19.8 Å². The summed E-state index contributed by atoms with van der Waals surface area (Å²) in [6, 6.07) is 0. The van der Waals surface area contributed by atoms with E-state index in [0.717, 1.165) is 52.1 Å². The van der Waals surface area contributed by atoms with E-state index >= 15 is 0 Å². The maximum atomic E-state index is 5.82. The second kappa shape index (κ2) is 10.3. The number of nitrogens with two attached hydrogens (primary N) is 3. The van der Waals surface area contributed by atoms with Crippen molar-refractivity contribution in [2.75, 3.05) is 45.8 Å². The average molecular weight is 217 g/mol. The van der Waals surface area contributed by atoms with Crippen molar-refractivity contribution in [2.45, 2.75) is 19.8 Å². The Kier molecular flexibility index (Phi) is 10.2. The topological polar surface area (TPSA) is 84.5 Å². The highest BCUT2D eigenvalue weighted by molar-refractivity contribution is 4.59. The molecule has 0 aromatic carbocycles. The van der Waals surface area contributed by atoms with E-state index in [4.69, 9.17) is 17.3 Å². The summed E-state index contributed by atoms with van der Waals surface area (Å²) in [5, 5.41) is 1.85. The molecule has 0 saturated heterocycles. The first-order chi connectivity index (χ1) is 7.24. The van der Waals surface area contributed by atoms with Gasteiger partial charge in [0, 0.05) is 19.6 Å². The first-order valence-corrected chi connectivity index (χ1v) is 5.86. The van der Waals surface area contributed by atoms with Gasteiger partial charge in [0.25, 0.3) is 0 Å². The molecule has 0 aliphatic carbocycles. The second-order valence-electron chi connectivity index (χ2n) is 3.75. The number of hydrazine groups is 1. The molecule has 0 fully saturated rings. The fourth-order valence-electron chi connectivity index (χ4n) is 1.42. The quantitative estimate of drug-likeness (QED) is 0.329. The summed E-state index contributed by atoms with van der Waals surface area (Å²) in [6.07, 6.45) is 2.02. The van der Waals surface area contributed by atoms with Crippen molar-refractivity contribution >= 4 is 0 Å². The third kappa shape index (κ3) is 8.77. The molecule has 5 heteroatoms. The van der Waals surface area contributed by atoms with E-state index in [-0.39, 0.29) is 0 Å². The summed E-state index contributed by atoms with van der Waals surface area (Å²) in [5.41, 5.74) is 10.9. The van der Waals surface area contributed by atoms with Crippen LogP contribution < -0.4 is 17.3 Å². The van der Waals surface area contributed by atoms with Crippen LogP contribution in [0.4, 0.5) is 0 Å². The minimum atomic E-state index is 0.707. The third-order valence-electron chi connectivity index (χ3n) is 2.48. The molecular formula is C10H27N5. The fourth-order valence-corrected chi connectivity index (χ4v) is 1.42. The molecule has 0 aromatic heterocycles. The molecule has 0 aliphatic rings. The fraction of sp³-hybridized carbons (Fsp3) is 1.00. The van der Waals surface area contributed by atoms with Crippen molar-refractivity contribution in [3.05, 3.63) is 0 Å². The van der Waals surface area contributed by atoms with E-state index in [2.05, 4.69) is 11.8 Å². The number of nitrogens with zero attached hydrogens (tertiary/aromatic N) is 2. The Bertz CT molecular complexity index is 131. The number of hydrogen-bond acceptors (Lipinski definition) is 5. The van der Waals surface area contributed by atoms with Crippen LogP contribution >= 0.6 is 0 Å². The van der Waals surface area contributed by atoms with Crippen molar-refractivity contribution in [2.24, 2.45) is 17.3 Å². The predicted molar refractivity (Wildman–Crippen MR) is 65.2 cm³/mol. The van der Waals surface area contributed by atoms with Crippen molar-refractivity contribution in [1.29, 1.82) is 0 Å². The van der Waals surface area contributed by atoms with Gasteiger partial charge >= 0.3 is 0 Å². The van der Waals surface area contributed by atoms with Gasteiger partial charge in [-0.25, -0.2) is 5.01 Å². The van der Waals surface area contributed by atoms with Gasteiger partial charge in [0.05, 0.1) is 0 Å². The van der Waals surface area contributed by atoms with Crippen LogP contribution in [0.5, 0.6) is 0 Å². The maximum Gasteiger partial charge on any atom is 0.0256 e. The molecule has 5 nitrogen and oxygen atoms in total. The zero-order valence-electron chi connectivity index (χ0n) is 9.99. The van der Waals surface area contributed by atoms with Crippen LogP contribution in [0.3, 0.4) is 0 Å². The molecule has 0 saturated carbocycles. The van der Waals surface area contributed by atoms with Crippen LogP contribution in [0.25, 0.3) is 0 Å². The summed E-state index contributed by atoms with van der Waals surface area (Å²) >= 11 is 0. The van der Waals surface area contributed by atoms with Gasteiger partial charge in [-0.2, -0.15) is 0 Å². The molecule has 0 spiro atoms. The molecule has 0 radical (unpaired) electrons. The molecule has 0 amide bonds. The van der Waals surface area contributed by atoms with Crippen molar-refractivity contribution < 1.29 is 0 Å². The Balaban J connectivity index is 3.50. The molecule has 0 aromatic rings. The Hall–Kier alpha value is -0.200. The van der Waals surface area contributed by atoms with Crippen LogP contribution in [0.15, 0.2) is 0 Å². The smallest absolute Gasteiger partial charge is 0.0256 e. The summed E-state index contributed by atoms with van der Waals surface area (Å²) in [7, 11) is 0. The van der Waals surface area contributed by atoms with Gasteiger partial charge in [-0.15, -0.1) is 0 Å². The van der Waals surface area contributed by atoms with E-state index in [0.29, 0.717) is 6.54 Å². The molecule has 0 bridgehead atoms. The highest BCUT2D eigenvalue weighted by atomic mass is 15.4. The summed E-state index contributed by atoms with van der Waals surface area (Å²) < 4.78 is 0. The summed E-state index contributed by atoms with van der Waals surface area (Å²) in [4.78, 5) is 2.37. The monoisotopic (exact) mass is 217 g/mol. The minimum Gasteiger partial charge on any atom is -0.330 e. The van der Waals surface area contributed by atoms with E-state index in [1.54, 1.807) is 0 Å². The van der Waals surface area contributed by atoms with Gasteiger partial charge in [0.15, 0.2) is 0 Å². The minimum absolute atomic E-state index is 0.707. The lowest BCUT2D eigenvalue weighted by molar-refractivity contribution is 0.210. The lowest BCUT2D eigenvalue weighted by Crippen LogP contribution is -2.40. The third-order valence-corrected chi connectivity index (χ3v) is 2.48. The van der Waals surface area contributed by atoms with Gasteiger partial charge < -0.3 is 16.4 Å². The highest BCUT2D eigenvalue weighted by Crippen LogP contribution is 1.91. The summed E-state index contributed by atoms with van der Waals surface area (Å²) in [5.74, 6) is 5.82. The van der Waals surface area contributed by atoms with Gasteiger partial charge in [-0.3, -0.25) is 5.84 Å². The van der Waals surface area contributed by atoms with Gasteiger partial charge in [-0.05, 0) is 39.0 Å². The van der Waals surface area contributed by atoms with E-state index < -0.39 is 0 Å². The molecule has 0 heterocycles. The molecule has 92 valence electrons. The first kappa shape index (κ1) is 14.8. The lowest BCUT2D eigenvalue weighted by atomic mass is 10.3. The molecule has 0 aliphatic heterocycles. The molecule has 0 rings (SSSR count). The molecule has 0 unspecified atom stereocenters. The van der Waals surface area contributed by atoms with E-state index in [1.165, 1.54) is 0 Å². The lowest BCUT2D eigenvalue weighted by Gasteiger charge is -2.23. The SMILES string of the molecule is CCN(CCCN)CCN(N)CCCN. The average Bonchev–Trinajstić information content (AvgIpc) is 2.26. The van der Waals surface area contributed by atoms with E-state index in [9.17, 15) is 0 Å². The highest BCUT2D eigenvalue weighted by Gasteiger charge is 2.03. The zero-order valence-corrected chi connectivity index (χ0v) is 9.99. The number of hydrogen-bond donors (Lipinski definition) is 3. The molecular weight excluding hydrogens is 190 g/mol. The van der Waals surface area contributed by atoms with Crippen LogP contribution in [0.2, 0.25) is 0 Å². The van der Waals surface area contributed by atoms with Gasteiger partial charge in [-0.1, -0.05) is 6.92 Å². The van der Waals surface area contributed by atoms with Gasteiger partial charge in [0.1, 0.15) is 0 Å². The van der Waals surface area contributed by atoms with Gasteiger partial charge in [0.2, 0.25) is 0 Å². The summed E-state index contributed by atoms with van der Waals surface area (Å²) in [6.45, 7) is 8.55. The Morgan fingerprint density at radius 1 is 0.867 bits per heavy atom. The van der Waals surface area contributed by atoms with Crippen molar-refractivity contribution in [3.8, 4) is 0 Å². The first-order valence-electron chi connectivity index (χ1n) is 5.86. The standard InChI is InChI=1S/C10H27N5/c1-2-14(7-3-5-11)9-10-15(13)8-4-6-12/h2-13H2,1H3. The van der Waals surface area contributed by atoms with E-state index in [1.807, 2.05) is 5.01 Å². The largest absolute Gasteiger partial charge is 0.330 e. The molecule has 6 N–H and O–H groups in total. The maximum absolute atomic E-state index is 5.82. The normalized spacial score (nSPS) is 11.6. The second-order valence-corrected chi connectivity index (χ2v) is 3.75. The van der Waals surface area contributed by atoms with Crippen LogP contribution in [-0.4, -0.2) is 55.7 Å². The zero-order chi connectivity index (χ0) is 11.5. The Labute approximate surface area is 93.5 Å². The Morgan fingerprint density at radius 3 is 2.00 bits per heavy atom.